The second kappa shape index (κ2) is 32.1. The van der Waals surface area contributed by atoms with Crippen LogP contribution in [-0.2, 0) is 32.7 Å². The largest absolute Gasteiger partial charge is 1.00 e. The van der Waals surface area contributed by atoms with E-state index in [0.717, 1.165) is 19.4 Å². The average Bonchev–Trinajstić information content (AvgIpc) is 3.04. The van der Waals surface area contributed by atoms with Crippen molar-refractivity contribution in [2.75, 3.05) is 72.1 Å². The van der Waals surface area contributed by atoms with E-state index < -0.39 is 46.9 Å². The minimum atomic E-state index is -4.29. The Morgan fingerprint density at radius 1 is 0.600 bits per heavy atom. The third-order valence-corrected chi connectivity index (χ3v) is 12.1. The summed E-state index contributed by atoms with van der Waals surface area (Å²) in [5, 5.41) is 2.93. The van der Waals surface area contributed by atoms with Gasteiger partial charge in [-0.3, -0.25) is 18.5 Å². The van der Waals surface area contributed by atoms with Gasteiger partial charge in [-0.05, 0) is 39.0 Å². The first-order valence-electron chi connectivity index (χ1n) is 20.3. The number of hydrogen-bond acceptors (Lipinski definition) is 7. The number of halogens is 1. The molecule has 0 aromatic rings. The molecular formula is C36H78BrN2O13P3. The first kappa shape index (κ1) is 57.3. The molecule has 332 valence electrons. The van der Waals surface area contributed by atoms with E-state index in [4.69, 9.17) is 14.2 Å². The average molecular weight is 920 g/mol. The first-order valence-corrected chi connectivity index (χ1v) is 25.6. The van der Waals surface area contributed by atoms with Crippen molar-refractivity contribution in [3.8, 4) is 0 Å². The molecule has 0 fully saturated rings. The Balaban J connectivity index is 0. The zero-order valence-corrected chi connectivity index (χ0v) is 38.6. The fraction of sp³-hybridized carbons (Fsp3) is 0.972. The Kier molecular flexibility index (Phi) is 33.4. The van der Waals surface area contributed by atoms with Crippen LogP contribution in [0.4, 0.5) is 0 Å². The lowest BCUT2D eigenvalue weighted by molar-refractivity contribution is -0.890. The minimum Gasteiger partial charge on any atom is -1.00 e. The summed E-state index contributed by atoms with van der Waals surface area (Å²) in [7, 11) is -8.65. The van der Waals surface area contributed by atoms with Gasteiger partial charge in [-0.25, -0.2) is 0 Å². The summed E-state index contributed by atoms with van der Waals surface area (Å²) in [6.07, 6.45) is 18.5. The number of carbonyl (C=O) groups excluding carboxylic acids is 1. The van der Waals surface area contributed by atoms with E-state index in [1.807, 2.05) is 0 Å². The number of unbranched alkanes of at least 4 members (excludes halogenated alkanes) is 15. The SMILES string of the molecule is CCCCCCCCCCCCCCCCCC[N+](C)(C)CCC(=O)NC(C)(COCCCP(=O)(O)O)C(OCCCP(=O)(O)O)OCCCP(=O)(O)O.[Br-]. The topological polar surface area (TPSA) is 229 Å². The fourth-order valence-corrected chi connectivity index (χ4v) is 7.77. The number of nitrogens with one attached hydrogen (secondary N) is 1. The van der Waals surface area contributed by atoms with Gasteiger partial charge in [-0.15, -0.1) is 0 Å². The molecule has 0 rings (SSSR count). The normalized spacial score (nSPS) is 13.9. The molecule has 0 saturated carbocycles. The van der Waals surface area contributed by atoms with Crippen molar-refractivity contribution >= 4 is 28.7 Å². The molecule has 0 aliphatic carbocycles. The minimum absolute atomic E-state index is 0. The molecule has 0 saturated heterocycles. The van der Waals surface area contributed by atoms with Gasteiger partial charge in [0.1, 0.15) is 5.54 Å². The molecule has 0 aliphatic heterocycles. The van der Waals surface area contributed by atoms with E-state index in [1.165, 1.54) is 89.9 Å². The van der Waals surface area contributed by atoms with Crippen molar-refractivity contribution in [3.63, 3.8) is 0 Å². The van der Waals surface area contributed by atoms with Crippen LogP contribution in [0.5, 0.6) is 0 Å². The smallest absolute Gasteiger partial charge is 0.325 e. The van der Waals surface area contributed by atoms with E-state index >= 15 is 0 Å². The van der Waals surface area contributed by atoms with Crippen LogP contribution in [0.3, 0.4) is 0 Å². The van der Waals surface area contributed by atoms with Gasteiger partial charge in [0.05, 0.1) is 71.9 Å². The summed E-state index contributed by atoms with van der Waals surface area (Å²) in [5.41, 5.74) is -1.37. The number of rotatable bonds is 38. The van der Waals surface area contributed by atoms with Gasteiger partial charge in [-0.1, -0.05) is 96.8 Å². The number of hydrogen-bond donors (Lipinski definition) is 7. The standard InChI is InChI=1S/C36H77N2O13P3.BrH/c1-5-6-7-8-9-10-11-12-13-14-15-16-17-18-19-20-25-38(3,4)26-24-34(39)37-36(2,33-49-27-21-30-52(40,41)42)35(50-28-22-31-53(43,44)45)51-29-23-32-54(46,47)48;/h35H,5-33H2,1-4H3,(H6-,37,39,40,41,42,43,44,45,46,47,48);1H. The summed E-state index contributed by atoms with van der Waals surface area (Å²) < 4.78 is 52.0. The van der Waals surface area contributed by atoms with Crippen molar-refractivity contribution in [2.45, 2.75) is 154 Å². The molecule has 0 heterocycles. The van der Waals surface area contributed by atoms with Crippen LogP contribution < -0.4 is 22.3 Å². The van der Waals surface area contributed by atoms with Crippen LogP contribution in [0, 0.1) is 0 Å². The van der Waals surface area contributed by atoms with E-state index in [2.05, 4.69) is 26.3 Å². The Morgan fingerprint density at radius 2 is 0.964 bits per heavy atom. The Hall–Kier alpha value is 0.240. The van der Waals surface area contributed by atoms with Gasteiger partial charge in [0.25, 0.3) is 0 Å². The highest BCUT2D eigenvalue weighted by Crippen LogP contribution is 2.36. The highest BCUT2D eigenvalue weighted by atomic mass is 79.9. The van der Waals surface area contributed by atoms with Gasteiger partial charge in [-0.2, -0.15) is 0 Å². The Labute approximate surface area is 342 Å². The summed E-state index contributed by atoms with van der Waals surface area (Å²) in [5.74, 6) is -0.322. The zero-order chi connectivity index (χ0) is 41.0. The van der Waals surface area contributed by atoms with Crippen molar-refractivity contribution < 1.29 is 83.5 Å². The summed E-state index contributed by atoms with van der Waals surface area (Å²) >= 11 is 0. The van der Waals surface area contributed by atoms with Crippen LogP contribution in [0.15, 0.2) is 0 Å². The first-order chi connectivity index (χ1) is 25.2. The lowest BCUT2D eigenvalue weighted by atomic mass is 10.0. The molecule has 0 aromatic carbocycles. The lowest BCUT2D eigenvalue weighted by Gasteiger charge is -2.38. The van der Waals surface area contributed by atoms with Crippen molar-refractivity contribution in [1.29, 1.82) is 0 Å². The summed E-state index contributed by atoms with van der Waals surface area (Å²) in [6.45, 7) is 4.79. The highest BCUT2D eigenvalue weighted by molar-refractivity contribution is 7.52. The molecule has 55 heavy (non-hydrogen) atoms. The summed E-state index contributed by atoms with van der Waals surface area (Å²) in [6, 6.07) is 0. The van der Waals surface area contributed by atoms with Gasteiger partial charge < -0.3 is 70.4 Å². The van der Waals surface area contributed by atoms with Gasteiger partial charge >= 0.3 is 22.8 Å². The predicted octanol–water partition coefficient (Wildman–Crippen LogP) is 3.67. The van der Waals surface area contributed by atoms with Crippen LogP contribution in [0.2, 0.25) is 0 Å². The van der Waals surface area contributed by atoms with Crippen LogP contribution in [0.25, 0.3) is 0 Å². The number of quaternary nitrogens is 1. The summed E-state index contributed by atoms with van der Waals surface area (Å²) in [4.78, 5) is 68.7. The number of nitrogens with zero attached hydrogens (tertiary/aromatic N) is 1. The maximum absolute atomic E-state index is 13.4. The van der Waals surface area contributed by atoms with Gasteiger partial charge in [0.2, 0.25) is 5.91 Å². The van der Waals surface area contributed by atoms with Crippen LogP contribution in [-0.4, -0.2) is 124 Å². The van der Waals surface area contributed by atoms with Crippen molar-refractivity contribution in [1.82, 2.24) is 5.32 Å². The Morgan fingerprint density at radius 3 is 1.35 bits per heavy atom. The molecule has 0 radical (unpaired) electrons. The number of ether oxygens (including phenoxy) is 3. The molecule has 15 nitrogen and oxygen atoms in total. The van der Waals surface area contributed by atoms with Crippen LogP contribution in [0.1, 0.15) is 142 Å². The lowest BCUT2D eigenvalue weighted by Crippen LogP contribution is -3.00. The predicted molar refractivity (Wildman–Crippen MR) is 214 cm³/mol. The molecule has 1 atom stereocenters. The van der Waals surface area contributed by atoms with E-state index in [0.29, 0.717) is 11.0 Å². The molecule has 1 amide bonds. The molecule has 0 aromatic heterocycles. The number of carbonyl (C=O) groups is 1. The van der Waals surface area contributed by atoms with E-state index in [1.54, 1.807) is 6.92 Å². The van der Waals surface area contributed by atoms with E-state index in [9.17, 15) is 47.9 Å². The van der Waals surface area contributed by atoms with Crippen molar-refractivity contribution in [3.05, 3.63) is 0 Å². The Bertz CT molecular complexity index is 1080. The number of amides is 1. The molecule has 0 spiro atoms. The molecule has 0 aliphatic rings. The van der Waals surface area contributed by atoms with E-state index in [-0.39, 0.29) is 81.2 Å². The molecule has 1 unspecified atom stereocenters. The second-order valence-electron chi connectivity index (χ2n) is 15.8. The van der Waals surface area contributed by atoms with Gasteiger partial charge in [0, 0.05) is 6.61 Å². The quantitative estimate of drug-likeness (QED) is 0.0203. The molecule has 0 bridgehead atoms. The van der Waals surface area contributed by atoms with Gasteiger partial charge in [0.15, 0.2) is 6.29 Å². The zero-order valence-electron chi connectivity index (χ0n) is 34.3. The maximum atomic E-state index is 13.4. The molecular weight excluding hydrogens is 841 g/mol. The fourth-order valence-electron chi connectivity index (χ4n) is 6.14. The molecule has 7 N–H and O–H groups in total. The second-order valence-corrected chi connectivity index (χ2v) is 21.1. The maximum Gasteiger partial charge on any atom is 0.325 e. The molecule has 19 heteroatoms. The highest BCUT2D eigenvalue weighted by Gasteiger charge is 2.39. The third kappa shape index (κ3) is 38.2. The van der Waals surface area contributed by atoms with Crippen molar-refractivity contribution in [2.24, 2.45) is 0 Å². The monoisotopic (exact) mass is 918 g/mol. The van der Waals surface area contributed by atoms with Crippen LogP contribution >= 0.6 is 22.8 Å². The third-order valence-electron chi connectivity index (χ3n) is 9.37.